The Morgan fingerprint density at radius 1 is 1.11 bits per heavy atom. The fraction of sp³-hybridized carbons (Fsp3) is 0.600. The average Bonchev–Trinajstić information content (AvgIpc) is 3.16. The van der Waals surface area contributed by atoms with E-state index in [4.69, 9.17) is 4.98 Å². The van der Waals surface area contributed by atoms with Crippen LogP contribution in [0.2, 0.25) is 0 Å². The minimum Gasteiger partial charge on any atom is -0.350 e. The molecule has 3 heteroatoms. The van der Waals surface area contributed by atoms with Gasteiger partial charge in [0.1, 0.15) is 11.6 Å². The summed E-state index contributed by atoms with van der Waals surface area (Å²) in [7, 11) is 0. The first kappa shape index (κ1) is 10.5. The molecular formula is C15H19N3. The van der Waals surface area contributed by atoms with Gasteiger partial charge >= 0.3 is 0 Å². The summed E-state index contributed by atoms with van der Waals surface area (Å²) in [5.74, 6) is 2.87. The van der Waals surface area contributed by atoms with Crippen LogP contribution in [0.3, 0.4) is 0 Å². The van der Waals surface area contributed by atoms with Crippen LogP contribution >= 0.6 is 0 Å². The highest BCUT2D eigenvalue weighted by molar-refractivity contribution is 5.45. The Labute approximate surface area is 108 Å². The molecule has 4 rings (SSSR count). The average molecular weight is 241 g/mol. The summed E-state index contributed by atoms with van der Waals surface area (Å²) in [6.45, 7) is 4.18. The van der Waals surface area contributed by atoms with Crippen molar-refractivity contribution in [1.82, 2.24) is 9.97 Å². The van der Waals surface area contributed by atoms with E-state index in [0.29, 0.717) is 18.0 Å². The zero-order chi connectivity index (χ0) is 12.1. The molecule has 18 heavy (non-hydrogen) atoms. The third kappa shape index (κ3) is 1.64. The predicted molar refractivity (Wildman–Crippen MR) is 71.7 cm³/mol. The number of hydrogen-bond acceptors (Lipinski definition) is 3. The molecule has 0 spiro atoms. The molecule has 0 N–H and O–H groups in total. The summed E-state index contributed by atoms with van der Waals surface area (Å²) < 4.78 is 0. The lowest BCUT2D eigenvalue weighted by Gasteiger charge is -2.36. The van der Waals surface area contributed by atoms with Crippen molar-refractivity contribution in [2.75, 3.05) is 4.90 Å². The van der Waals surface area contributed by atoms with Gasteiger partial charge < -0.3 is 4.90 Å². The molecule has 2 unspecified atom stereocenters. The number of aromatic nitrogens is 2. The molecule has 94 valence electrons. The number of piperidine rings is 1. The zero-order valence-corrected chi connectivity index (χ0v) is 10.7. The monoisotopic (exact) mass is 241 g/mol. The molecule has 0 aromatic carbocycles. The van der Waals surface area contributed by atoms with Gasteiger partial charge in [0.05, 0.1) is 0 Å². The molecule has 3 aliphatic rings. The highest BCUT2D eigenvalue weighted by atomic mass is 15.3. The van der Waals surface area contributed by atoms with E-state index < -0.39 is 0 Å². The number of nitrogens with zero attached hydrogens (tertiary/aromatic N) is 3. The van der Waals surface area contributed by atoms with Crippen molar-refractivity contribution in [2.24, 2.45) is 0 Å². The lowest BCUT2D eigenvalue weighted by molar-refractivity contribution is 0.544. The second-order valence-corrected chi connectivity index (χ2v) is 6.00. The number of fused-ring (bicyclic) bond motifs is 2. The fourth-order valence-corrected chi connectivity index (χ4v) is 3.53. The Kier molecular flexibility index (Phi) is 2.23. The van der Waals surface area contributed by atoms with Gasteiger partial charge in [-0.1, -0.05) is 12.2 Å². The maximum absolute atomic E-state index is 4.81. The predicted octanol–water partition coefficient (Wildman–Crippen LogP) is 3.04. The minimum atomic E-state index is 0.637. The van der Waals surface area contributed by atoms with Crippen LogP contribution in [0.15, 0.2) is 24.4 Å². The van der Waals surface area contributed by atoms with Crippen molar-refractivity contribution in [2.45, 2.75) is 56.5 Å². The molecule has 2 aliphatic heterocycles. The quantitative estimate of drug-likeness (QED) is 0.745. The van der Waals surface area contributed by atoms with E-state index in [2.05, 4.69) is 22.5 Å². The van der Waals surface area contributed by atoms with Crippen LogP contribution in [0, 0.1) is 0 Å². The maximum atomic E-state index is 4.81. The van der Waals surface area contributed by atoms with Crippen molar-refractivity contribution in [1.29, 1.82) is 0 Å². The largest absolute Gasteiger partial charge is 0.350 e. The lowest BCUT2D eigenvalue weighted by atomic mass is 9.98. The Hall–Kier alpha value is -1.38. The molecule has 0 radical (unpaired) electrons. The third-order valence-corrected chi connectivity index (χ3v) is 4.54. The summed E-state index contributed by atoms with van der Waals surface area (Å²) >= 11 is 0. The Morgan fingerprint density at radius 2 is 1.83 bits per heavy atom. The summed E-state index contributed by atoms with van der Waals surface area (Å²) in [6.07, 6.45) is 9.39. The second-order valence-electron chi connectivity index (χ2n) is 6.00. The van der Waals surface area contributed by atoms with Gasteiger partial charge in [-0.2, -0.15) is 0 Å². The molecule has 0 amide bonds. The SMILES string of the molecule is C=C1CC2CCC(C1)N2c1ccnc(C2CC2)n1. The summed E-state index contributed by atoms with van der Waals surface area (Å²) in [6, 6.07) is 3.36. The van der Waals surface area contributed by atoms with E-state index in [0.717, 1.165) is 24.5 Å². The summed E-state index contributed by atoms with van der Waals surface area (Å²) in [5, 5.41) is 0. The third-order valence-electron chi connectivity index (χ3n) is 4.54. The van der Waals surface area contributed by atoms with Gasteiger partial charge in [-0.05, 0) is 44.6 Å². The molecule has 2 bridgehead atoms. The zero-order valence-electron chi connectivity index (χ0n) is 10.7. The first-order valence-electron chi connectivity index (χ1n) is 7.09. The molecule has 3 fully saturated rings. The van der Waals surface area contributed by atoms with E-state index in [-0.39, 0.29) is 0 Å². The van der Waals surface area contributed by atoms with Gasteiger partial charge in [-0.15, -0.1) is 0 Å². The van der Waals surface area contributed by atoms with Gasteiger partial charge in [-0.25, -0.2) is 9.97 Å². The van der Waals surface area contributed by atoms with Crippen LogP contribution in [0.4, 0.5) is 5.82 Å². The first-order chi connectivity index (χ1) is 8.81. The van der Waals surface area contributed by atoms with Crippen molar-refractivity contribution in [3.05, 3.63) is 30.2 Å². The summed E-state index contributed by atoms with van der Waals surface area (Å²) in [5.41, 5.74) is 1.43. The van der Waals surface area contributed by atoms with Gasteiger partial charge in [0, 0.05) is 24.2 Å². The minimum absolute atomic E-state index is 0.637. The molecule has 3 heterocycles. The van der Waals surface area contributed by atoms with Crippen molar-refractivity contribution < 1.29 is 0 Å². The van der Waals surface area contributed by atoms with E-state index in [1.165, 1.54) is 31.3 Å². The normalized spacial score (nSPS) is 30.9. The van der Waals surface area contributed by atoms with Crippen molar-refractivity contribution in [3.8, 4) is 0 Å². The van der Waals surface area contributed by atoms with Crippen LogP contribution in [0.1, 0.15) is 50.3 Å². The Bertz CT molecular complexity index is 476. The molecular weight excluding hydrogens is 222 g/mol. The molecule has 3 nitrogen and oxygen atoms in total. The topological polar surface area (TPSA) is 29.0 Å². The number of hydrogen-bond donors (Lipinski definition) is 0. The molecule has 2 saturated heterocycles. The van der Waals surface area contributed by atoms with Crippen LogP contribution in [0.5, 0.6) is 0 Å². The molecule has 1 saturated carbocycles. The van der Waals surface area contributed by atoms with Crippen LogP contribution in [0.25, 0.3) is 0 Å². The van der Waals surface area contributed by atoms with E-state index in [9.17, 15) is 0 Å². The molecule has 1 aliphatic carbocycles. The van der Waals surface area contributed by atoms with Crippen LogP contribution in [-0.4, -0.2) is 22.1 Å². The van der Waals surface area contributed by atoms with E-state index in [1.807, 2.05) is 6.20 Å². The number of rotatable bonds is 2. The Morgan fingerprint density at radius 3 is 2.50 bits per heavy atom. The molecule has 1 aromatic heterocycles. The molecule has 2 atom stereocenters. The van der Waals surface area contributed by atoms with Crippen LogP contribution in [-0.2, 0) is 0 Å². The van der Waals surface area contributed by atoms with Gasteiger partial charge in [0.2, 0.25) is 0 Å². The van der Waals surface area contributed by atoms with Crippen molar-refractivity contribution >= 4 is 5.82 Å². The van der Waals surface area contributed by atoms with E-state index >= 15 is 0 Å². The highest BCUT2D eigenvalue weighted by Gasteiger charge is 2.39. The maximum Gasteiger partial charge on any atom is 0.133 e. The van der Waals surface area contributed by atoms with Crippen LogP contribution < -0.4 is 4.90 Å². The standard InChI is InChI=1S/C15H19N3/c1-10-8-12-4-5-13(9-10)18(12)14-6-7-16-15(17-14)11-2-3-11/h6-7,11-13H,1-5,8-9H2. The summed E-state index contributed by atoms with van der Waals surface area (Å²) in [4.78, 5) is 11.8. The Balaban J connectivity index is 1.66. The van der Waals surface area contributed by atoms with Gasteiger partial charge in [-0.3, -0.25) is 0 Å². The first-order valence-corrected chi connectivity index (χ1v) is 7.09. The van der Waals surface area contributed by atoms with Gasteiger partial charge in [0.25, 0.3) is 0 Å². The fourth-order valence-electron chi connectivity index (χ4n) is 3.53. The highest BCUT2D eigenvalue weighted by Crippen LogP contribution is 2.42. The van der Waals surface area contributed by atoms with Crippen molar-refractivity contribution in [3.63, 3.8) is 0 Å². The second kappa shape index (κ2) is 3.81. The van der Waals surface area contributed by atoms with Gasteiger partial charge in [0.15, 0.2) is 0 Å². The smallest absolute Gasteiger partial charge is 0.133 e. The molecule has 1 aromatic rings. The van der Waals surface area contributed by atoms with E-state index in [1.54, 1.807) is 0 Å². The number of anilines is 1. The lowest BCUT2D eigenvalue weighted by Crippen LogP contribution is -2.41.